The van der Waals surface area contributed by atoms with E-state index in [0.717, 1.165) is 13.0 Å². The van der Waals surface area contributed by atoms with Crippen LogP contribution in [0.4, 0.5) is 0 Å². The summed E-state index contributed by atoms with van der Waals surface area (Å²) >= 11 is 1.97. The van der Waals surface area contributed by atoms with Gasteiger partial charge in [-0.15, -0.1) is 11.8 Å². The number of hydrogen-bond donors (Lipinski definition) is 1. The molecule has 1 atom stereocenters. The Morgan fingerprint density at radius 1 is 1.20 bits per heavy atom. The first kappa shape index (κ1) is 12.6. The van der Waals surface area contributed by atoms with Gasteiger partial charge in [0.1, 0.15) is 0 Å². The van der Waals surface area contributed by atoms with Crippen molar-refractivity contribution >= 4 is 11.8 Å². The number of aryl methyl sites for hydroxylation is 1. The normalized spacial score (nSPS) is 12.7. The minimum absolute atomic E-state index is 0.683. The van der Waals surface area contributed by atoms with Crippen LogP contribution in [0.2, 0.25) is 0 Å². The minimum Gasteiger partial charge on any atom is -0.319 e. The van der Waals surface area contributed by atoms with E-state index in [1.54, 1.807) is 0 Å². The van der Waals surface area contributed by atoms with Gasteiger partial charge >= 0.3 is 0 Å². The van der Waals surface area contributed by atoms with Crippen LogP contribution in [-0.2, 0) is 6.42 Å². The molecule has 0 bridgehead atoms. The van der Waals surface area contributed by atoms with Gasteiger partial charge in [0.25, 0.3) is 0 Å². The Labute approximate surface area is 97.7 Å². The van der Waals surface area contributed by atoms with Crippen molar-refractivity contribution in [3.05, 3.63) is 29.8 Å². The molecule has 2 heteroatoms. The van der Waals surface area contributed by atoms with Gasteiger partial charge in [-0.25, -0.2) is 0 Å². The van der Waals surface area contributed by atoms with E-state index >= 15 is 0 Å². The van der Waals surface area contributed by atoms with Crippen molar-refractivity contribution in [3.63, 3.8) is 0 Å². The van der Waals surface area contributed by atoms with Crippen LogP contribution in [0.1, 0.15) is 25.8 Å². The summed E-state index contributed by atoms with van der Waals surface area (Å²) in [7, 11) is 2.02. The Bertz CT molecular complexity index is 268. The number of thioether (sulfide) groups is 1. The third-order valence-electron chi connectivity index (χ3n) is 2.52. The van der Waals surface area contributed by atoms with Crippen molar-refractivity contribution < 1.29 is 0 Å². The first-order valence-corrected chi connectivity index (χ1v) is 6.58. The second-order valence-corrected chi connectivity index (χ2v) is 5.08. The lowest BCUT2D eigenvalue weighted by Gasteiger charge is -2.13. The van der Waals surface area contributed by atoms with Crippen LogP contribution in [0.5, 0.6) is 0 Å². The predicted octanol–water partition coefficient (Wildman–Crippen LogP) is 3.34. The Morgan fingerprint density at radius 3 is 2.33 bits per heavy atom. The highest BCUT2D eigenvalue weighted by molar-refractivity contribution is 8.00. The highest BCUT2D eigenvalue weighted by Gasteiger charge is 2.06. The summed E-state index contributed by atoms with van der Waals surface area (Å²) in [4.78, 5) is 1.38. The maximum absolute atomic E-state index is 3.24. The molecule has 0 amide bonds. The summed E-state index contributed by atoms with van der Waals surface area (Å²) < 4.78 is 0. The molecule has 1 unspecified atom stereocenters. The average Bonchev–Trinajstić information content (AvgIpc) is 2.29. The summed E-state index contributed by atoms with van der Waals surface area (Å²) in [5.74, 6) is 0. The second kappa shape index (κ2) is 6.91. The van der Waals surface area contributed by atoms with Crippen molar-refractivity contribution in [1.82, 2.24) is 5.32 Å². The van der Waals surface area contributed by atoms with Gasteiger partial charge in [-0.05, 0) is 37.6 Å². The lowest BCUT2D eigenvalue weighted by molar-refractivity contribution is 0.726. The topological polar surface area (TPSA) is 12.0 Å². The highest BCUT2D eigenvalue weighted by Crippen LogP contribution is 2.25. The maximum atomic E-state index is 3.24. The summed E-state index contributed by atoms with van der Waals surface area (Å²) in [5.41, 5.74) is 1.42. The quantitative estimate of drug-likeness (QED) is 0.742. The predicted molar refractivity (Wildman–Crippen MR) is 69.7 cm³/mol. The zero-order chi connectivity index (χ0) is 11.1. The molecule has 0 aliphatic carbocycles. The molecule has 1 rings (SSSR count). The summed E-state index contributed by atoms with van der Waals surface area (Å²) in [6.45, 7) is 5.52. The third kappa shape index (κ3) is 4.27. The Balaban J connectivity index is 2.55. The number of benzene rings is 1. The minimum atomic E-state index is 0.683. The summed E-state index contributed by atoms with van der Waals surface area (Å²) in [6.07, 6.45) is 2.33. The van der Waals surface area contributed by atoms with Gasteiger partial charge in [0.05, 0.1) is 0 Å². The molecule has 0 heterocycles. The van der Waals surface area contributed by atoms with Crippen LogP contribution in [0.3, 0.4) is 0 Å². The van der Waals surface area contributed by atoms with Crippen LogP contribution < -0.4 is 5.32 Å². The third-order valence-corrected chi connectivity index (χ3v) is 3.90. The van der Waals surface area contributed by atoms with E-state index in [4.69, 9.17) is 0 Å². The van der Waals surface area contributed by atoms with Crippen LogP contribution >= 0.6 is 11.8 Å². The molecule has 0 aliphatic rings. The van der Waals surface area contributed by atoms with E-state index in [2.05, 4.69) is 43.4 Å². The fraction of sp³-hybridized carbons (Fsp3) is 0.538. The molecule has 0 aromatic heterocycles. The lowest BCUT2D eigenvalue weighted by atomic mass is 10.2. The van der Waals surface area contributed by atoms with Gasteiger partial charge < -0.3 is 5.32 Å². The van der Waals surface area contributed by atoms with Crippen molar-refractivity contribution in [3.8, 4) is 0 Å². The average molecular weight is 223 g/mol. The second-order valence-electron chi connectivity index (χ2n) is 3.70. The molecule has 1 N–H and O–H groups in total. The summed E-state index contributed by atoms with van der Waals surface area (Å²) in [6, 6.07) is 8.94. The van der Waals surface area contributed by atoms with Crippen molar-refractivity contribution in [2.45, 2.75) is 36.8 Å². The fourth-order valence-corrected chi connectivity index (χ4v) is 2.59. The number of rotatable bonds is 6. The largest absolute Gasteiger partial charge is 0.319 e. The van der Waals surface area contributed by atoms with E-state index in [1.165, 1.54) is 16.9 Å². The van der Waals surface area contributed by atoms with Crippen LogP contribution in [0.25, 0.3) is 0 Å². The van der Waals surface area contributed by atoms with E-state index in [1.807, 2.05) is 18.8 Å². The van der Waals surface area contributed by atoms with Gasteiger partial charge in [-0.1, -0.05) is 26.0 Å². The van der Waals surface area contributed by atoms with Gasteiger partial charge in [-0.2, -0.15) is 0 Å². The molecule has 15 heavy (non-hydrogen) atoms. The van der Waals surface area contributed by atoms with Crippen molar-refractivity contribution in [1.29, 1.82) is 0 Å². The molecule has 1 aromatic carbocycles. The molecule has 0 fully saturated rings. The molecule has 1 nitrogen and oxygen atoms in total. The van der Waals surface area contributed by atoms with E-state index in [-0.39, 0.29) is 0 Å². The van der Waals surface area contributed by atoms with E-state index < -0.39 is 0 Å². The molecule has 84 valence electrons. The Hall–Kier alpha value is -0.470. The van der Waals surface area contributed by atoms with Crippen LogP contribution in [0, 0.1) is 0 Å². The molecule has 0 saturated heterocycles. The molecule has 0 saturated carbocycles. The monoisotopic (exact) mass is 223 g/mol. The van der Waals surface area contributed by atoms with Gasteiger partial charge in [0, 0.05) is 16.7 Å². The lowest BCUT2D eigenvalue weighted by Crippen LogP contribution is -2.19. The SMILES string of the molecule is CCc1ccc(SC(CC)CNC)cc1. The molecule has 1 aromatic rings. The van der Waals surface area contributed by atoms with E-state index in [0.29, 0.717) is 5.25 Å². The standard InChI is InChI=1S/C13H21NS/c1-4-11-6-8-13(9-7-11)15-12(5-2)10-14-3/h6-9,12,14H,4-5,10H2,1-3H3. The highest BCUT2D eigenvalue weighted by atomic mass is 32.2. The van der Waals surface area contributed by atoms with Crippen molar-refractivity contribution in [2.75, 3.05) is 13.6 Å². The zero-order valence-electron chi connectivity index (χ0n) is 9.92. The summed E-state index contributed by atoms with van der Waals surface area (Å²) in [5, 5.41) is 3.92. The number of nitrogens with one attached hydrogen (secondary N) is 1. The van der Waals surface area contributed by atoms with Gasteiger partial charge in [0.2, 0.25) is 0 Å². The smallest absolute Gasteiger partial charge is 0.0217 e. The fourth-order valence-electron chi connectivity index (χ4n) is 1.49. The molecular weight excluding hydrogens is 202 g/mol. The molecular formula is C13H21NS. The Kier molecular flexibility index (Phi) is 5.81. The Morgan fingerprint density at radius 2 is 1.87 bits per heavy atom. The van der Waals surface area contributed by atoms with Crippen molar-refractivity contribution in [2.24, 2.45) is 0 Å². The van der Waals surface area contributed by atoms with Crippen LogP contribution in [0.15, 0.2) is 29.2 Å². The van der Waals surface area contributed by atoms with Gasteiger partial charge in [-0.3, -0.25) is 0 Å². The first-order chi connectivity index (χ1) is 7.30. The zero-order valence-corrected chi connectivity index (χ0v) is 10.7. The van der Waals surface area contributed by atoms with Gasteiger partial charge in [0.15, 0.2) is 0 Å². The number of hydrogen-bond acceptors (Lipinski definition) is 2. The van der Waals surface area contributed by atoms with E-state index in [9.17, 15) is 0 Å². The molecule has 0 radical (unpaired) electrons. The maximum Gasteiger partial charge on any atom is 0.0217 e. The molecule has 0 aliphatic heterocycles. The first-order valence-electron chi connectivity index (χ1n) is 5.70. The van der Waals surface area contributed by atoms with Crippen LogP contribution in [-0.4, -0.2) is 18.8 Å². The molecule has 0 spiro atoms.